The Labute approximate surface area is 119 Å². The molecule has 0 saturated heterocycles. The molecule has 2 aromatic rings. The van der Waals surface area contributed by atoms with Crippen molar-refractivity contribution in [3.05, 3.63) is 71.3 Å². The average Bonchev–Trinajstić information content (AvgIpc) is 2.49. The third-order valence-electron chi connectivity index (χ3n) is 2.82. The van der Waals surface area contributed by atoms with E-state index in [0.717, 1.165) is 11.1 Å². The van der Waals surface area contributed by atoms with Gasteiger partial charge in [0.1, 0.15) is 0 Å². The largest absolute Gasteiger partial charge is 0.462 e. The number of hydrogen-bond donors (Lipinski definition) is 0. The van der Waals surface area contributed by atoms with Crippen LogP contribution in [0.1, 0.15) is 28.4 Å². The van der Waals surface area contributed by atoms with Gasteiger partial charge in [0.2, 0.25) is 0 Å². The van der Waals surface area contributed by atoms with E-state index in [2.05, 4.69) is 0 Å². The molecule has 0 heterocycles. The van der Waals surface area contributed by atoms with Gasteiger partial charge in [0.15, 0.2) is 0 Å². The van der Waals surface area contributed by atoms with Crippen LogP contribution in [0.25, 0.3) is 0 Å². The molecule has 0 N–H and O–H groups in total. The zero-order chi connectivity index (χ0) is 14.2. The first-order valence-electron chi connectivity index (χ1n) is 6.67. The molecule has 0 aliphatic carbocycles. The van der Waals surface area contributed by atoms with Crippen molar-refractivity contribution in [1.29, 1.82) is 0 Å². The fraction of sp³-hybridized carbons (Fsp3) is 0.235. The number of esters is 1. The first kappa shape index (κ1) is 14.3. The van der Waals surface area contributed by atoms with E-state index >= 15 is 0 Å². The van der Waals surface area contributed by atoms with E-state index in [1.54, 1.807) is 13.0 Å². The van der Waals surface area contributed by atoms with E-state index in [-0.39, 0.29) is 5.97 Å². The number of ether oxygens (including phenoxy) is 2. The van der Waals surface area contributed by atoms with Crippen LogP contribution in [0, 0.1) is 0 Å². The molecule has 2 rings (SSSR count). The topological polar surface area (TPSA) is 35.5 Å². The summed E-state index contributed by atoms with van der Waals surface area (Å²) in [6.45, 7) is 3.21. The van der Waals surface area contributed by atoms with Crippen LogP contribution in [0.2, 0.25) is 0 Å². The van der Waals surface area contributed by atoms with E-state index in [1.807, 2.05) is 48.5 Å². The van der Waals surface area contributed by atoms with Gasteiger partial charge in [0.25, 0.3) is 0 Å². The summed E-state index contributed by atoms with van der Waals surface area (Å²) >= 11 is 0. The first-order valence-corrected chi connectivity index (χ1v) is 6.67. The van der Waals surface area contributed by atoms with Crippen LogP contribution in [-0.2, 0) is 22.7 Å². The third-order valence-corrected chi connectivity index (χ3v) is 2.82. The van der Waals surface area contributed by atoms with Gasteiger partial charge in [-0.3, -0.25) is 0 Å². The van der Waals surface area contributed by atoms with Gasteiger partial charge in [0, 0.05) is 0 Å². The van der Waals surface area contributed by atoms with Crippen molar-refractivity contribution < 1.29 is 14.3 Å². The van der Waals surface area contributed by atoms with E-state index < -0.39 is 0 Å². The highest BCUT2D eigenvalue weighted by Gasteiger charge is 2.06. The smallest absolute Gasteiger partial charge is 0.338 e. The summed E-state index contributed by atoms with van der Waals surface area (Å²) in [6.07, 6.45) is 0. The standard InChI is InChI=1S/C17H18O3/c1-2-20-17(18)16-10-6-9-15(11-16)13-19-12-14-7-4-3-5-8-14/h3-11H,2,12-13H2,1H3. The zero-order valence-electron chi connectivity index (χ0n) is 11.5. The summed E-state index contributed by atoms with van der Waals surface area (Å²) in [6, 6.07) is 17.3. The van der Waals surface area contributed by atoms with Gasteiger partial charge in [-0.1, -0.05) is 42.5 Å². The molecule has 0 spiro atoms. The summed E-state index contributed by atoms with van der Waals surface area (Å²) in [5, 5.41) is 0. The van der Waals surface area contributed by atoms with E-state index in [4.69, 9.17) is 9.47 Å². The molecule has 0 unspecified atom stereocenters. The van der Waals surface area contributed by atoms with Crippen LogP contribution in [0.5, 0.6) is 0 Å². The number of carbonyl (C=O) groups excluding carboxylic acids is 1. The maximum atomic E-state index is 11.6. The molecule has 20 heavy (non-hydrogen) atoms. The molecule has 3 nitrogen and oxygen atoms in total. The summed E-state index contributed by atoms with van der Waals surface area (Å²) in [5.74, 6) is -0.294. The second-order valence-corrected chi connectivity index (χ2v) is 4.40. The predicted molar refractivity (Wildman–Crippen MR) is 77.3 cm³/mol. The van der Waals surface area contributed by atoms with Crippen LogP contribution in [0.3, 0.4) is 0 Å². The summed E-state index contributed by atoms with van der Waals surface area (Å²) in [4.78, 5) is 11.6. The van der Waals surface area contributed by atoms with Crippen molar-refractivity contribution in [3.8, 4) is 0 Å². The number of benzene rings is 2. The molecule has 3 heteroatoms. The molecular formula is C17H18O3. The van der Waals surface area contributed by atoms with Gasteiger partial charge in [0.05, 0.1) is 25.4 Å². The van der Waals surface area contributed by atoms with Crippen LogP contribution in [0.15, 0.2) is 54.6 Å². The lowest BCUT2D eigenvalue weighted by molar-refractivity contribution is 0.0525. The van der Waals surface area contributed by atoms with Crippen molar-refractivity contribution in [1.82, 2.24) is 0 Å². The minimum absolute atomic E-state index is 0.294. The molecule has 0 aromatic heterocycles. The highest BCUT2D eigenvalue weighted by molar-refractivity contribution is 5.89. The fourth-order valence-corrected chi connectivity index (χ4v) is 1.86. The number of rotatable bonds is 6. The normalized spacial score (nSPS) is 10.2. The Balaban J connectivity index is 1.90. The fourth-order valence-electron chi connectivity index (χ4n) is 1.86. The second-order valence-electron chi connectivity index (χ2n) is 4.40. The molecule has 104 valence electrons. The highest BCUT2D eigenvalue weighted by atomic mass is 16.5. The zero-order valence-corrected chi connectivity index (χ0v) is 11.5. The number of hydrogen-bond acceptors (Lipinski definition) is 3. The van der Waals surface area contributed by atoms with E-state index in [0.29, 0.717) is 25.4 Å². The van der Waals surface area contributed by atoms with E-state index in [1.165, 1.54) is 0 Å². The molecule has 0 bridgehead atoms. The van der Waals surface area contributed by atoms with Gasteiger partial charge in [-0.15, -0.1) is 0 Å². The molecule has 2 aromatic carbocycles. The first-order chi connectivity index (χ1) is 9.79. The van der Waals surface area contributed by atoms with Crippen LogP contribution < -0.4 is 0 Å². The monoisotopic (exact) mass is 270 g/mol. The van der Waals surface area contributed by atoms with Crippen molar-refractivity contribution >= 4 is 5.97 Å². The molecular weight excluding hydrogens is 252 g/mol. The van der Waals surface area contributed by atoms with Crippen LogP contribution in [0.4, 0.5) is 0 Å². The summed E-state index contributed by atoms with van der Waals surface area (Å²) in [5.41, 5.74) is 2.66. The lowest BCUT2D eigenvalue weighted by Crippen LogP contribution is -2.05. The highest BCUT2D eigenvalue weighted by Crippen LogP contribution is 2.10. The van der Waals surface area contributed by atoms with Crippen LogP contribution >= 0.6 is 0 Å². The number of carbonyl (C=O) groups is 1. The molecule has 0 aliphatic rings. The van der Waals surface area contributed by atoms with Crippen molar-refractivity contribution in [2.24, 2.45) is 0 Å². The van der Waals surface area contributed by atoms with Crippen molar-refractivity contribution in [3.63, 3.8) is 0 Å². The lowest BCUT2D eigenvalue weighted by Gasteiger charge is -2.06. The Kier molecular flexibility index (Phi) is 5.33. The summed E-state index contributed by atoms with van der Waals surface area (Å²) < 4.78 is 10.6. The van der Waals surface area contributed by atoms with Crippen molar-refractivity contribution in [2.45, 2.75) is 20.1 Å². The van der Waals surface area contributed by atoms with Crippen LogP contribution in [-0.4, -0.2) is 12.6 Å². The lowest BCUT2D eigenvalue weighted by atomic mass is 10.1. The molecule has 0 amide bonds. The van der Waals surface area contributed by atoms with Gasteiger partial charge in [-0.2, -0.15) is 0 Å². The SMILES string of the molecule is CCOC(=O)c1cccc(COCc2ccccc2)c1. The quantitative estimate of drug-likeness (QED) is 0.753. The third kappa shape index (κ3) is 4.21. The summed E-state index contributed by atoms with van der Waals surface area (Å²) in [7, 11) is 0. The maximum Gasteiger partial charge on any atom is 0.338 e. The van der Waals surface area contributed by atoms with Gasteiger partial charge in [-0.05, 0) is 30.2 Å². The second kappa shape index (κ2) is 7.46. The Bertz CT molecular complexity index is 549. The molecule has 0 atom stereocenters. The maximum absolute atomic E-state index is 11.6. The van der Waals surface area contributed by atoms with E-state index in [9.17, 15) is 4.79 Å². The average molecular weight is 270 g/mol. The van der Waals surface area contributed by atoms with Gasteiger partial charge >= 0.3 is 5.97 Å². The van der Waals surface area contributed by atoms with Crippen molar-refractivity contribution in [2.75, 3.05) is 6.61 Å². The molecule has 0 aliphatic heterocycles. The Morgan fingerprint density at radius 1 is 0.950 bits per heavy atom. The Morgan fingerprint density at radius 2 is 1.65 bits per heavy atom. The Morgan fingerprint density at radius 3 is 2.40 bits per heavy atom. The predicted octanol–water partition coefficient (Wildman–Crippen LogP) is 3.58. The van der Waals surface area contributed by atoms with Gasteiger partial charge in [-0.25, -0.2) is 4.79 Å². The van der Waals surface area contributed by atoms with Gasteiger partial charge < -0.3 is 9.47 Å². The minimum Gasteiger partial charge on any atom is -0.462 e. The molecule has 0 fully saturated rings. The molecule has 0 saturated carbocycles. The molecule has 0 radical (unpaired) electrons. The Hall–Kier alpha value is -2.13. The minimum atomic E-state index is -0.294.